The van der Waals surface area contributed by atoms with Crippen molar-refractivity contribution < 1.29 is 5.11 Å². The Hall–Kier alpha value is -0.870. The van der Waals surface area contributed by atoms with E-state index in [9.17, 15) is 0 Å². The van der Waals surface area contributed by atoms with Gasteiger partial charge in [-0.3, -0.25) is 0 Å². The lowest BCUT2D eigenvalue weighted by Gasteiger charge is -2.14. The highest BCUT2D eigenvalue weighted by Gasteiger charge is 2.41. The molecular weight excluding hydrogens is 190 g/mol. The zero-order chi connectivity index (χ0) is 10.7. The van der Waals surface area contributed by atoms with E-state index in [1.807, 2.05) is 24.0 Å². The molecule has 2 N–H and O–H groups in total. The molecule has 0 aliphatic heterocycles. The summed E-state index contributed by atoms with van der Waals surface area (Å²) in [7, 11) is 2.00. The number of aryl methyl sites for hydroxylation is 1. The second-order valence-electron chi connectivity index (χ2n) is 4.53. The lowest BCUT2D eigenvalue weighted by Crippen LogP contribution is -2.25. The number of nitrogens with zero attached hydrogens (tertiary/aromatic N) is 2. The minimum atomic E-state index is 0.310. The Balaban J connectivity index is 1.73. The molecule has 1 aromatic heterocycles. The quantitative estimate of drug-likeness (QED) is 0.724. The van der Waals surface area contributed by atoms with Crippen molar-refractivity contribution in [2.45, 2.75) is 25.8 Å². The van der Waals surface area contributed by atoms with Crippen molar-refractivity contribution in [3.05, 3.63) is 18.2 Å². The van der Waals surface area contributed by atoms with Gasteiger partial charge in [0.1, 0.15) is 5.82 Å². The molecule has 4 nitrogen and oxygen atoms in total. The predicted molar refractivity (Wildman–Crippen MR) is 58.3 cm³/mol. The third-order valence-electron chi connectivity index (χ3n) is 3.30. The molecule has 1 saturated carbocycles. The van der Waals surface area contributed by atoms with Crippen LogP contribution in [0.1, 0.15) is 25.1 Å². The molecule has 1 fully saturated rings. The van der Waals surface area contributed by atoms with Gasteiger partial charge in [0, 0.05) is 32.6 Å². The molecule has 0 spiro atoms. The molecule has 0 unspecified atom stereocenters. The van der Waals surface area contributed by atoms with E-state index in [1.54, 1.807) is 0 Å². The van der Waals surface area contributed by atoms with Crippen LogP contribution >= 0.6 is 0 Å². The van der Waals surface area contributed by atoms with Crippen molar-refractivity contribution in [3.8, 4) is 0 Å². The average molecular weight is 209 g/mol. The fraction of sp³-hybridized carbons (Fsp3) is 0.727. The van der Waals surface area contributed by atoms with Gasteiger partial charge < -0.3 is 15.0 Å². The molecule has 0 amide bonds. The van der Waals surface area contributed by atoms with Crippen LogP contribution in [0.25, 0.3) is 0 Å². The summed E-state index contributed by atoms with van der Waals surface area (Å²) in [5, 5.41) is 12.3. The van der Waals surface area contributed by atoms with E-state index in [2.05, 4.69) is 10.3 Å². The van der Waals surface area contributed by atoms with Crippen LogP contribution in [0.5, 0.6) is 0 Å². The zero-order valence-electron chi connectivity index (χ0n) is 9.24. The zero-order valence-corrected chi connectivity index (χ0v) is 9.24. The molecule has 1 aliphatic rings. The lowest BCUT2D eigenvalue weighted by atomic mass is 10.0. The summed E-state index contributed by atoms with van der Waals surface area (Å²) < 4.78 is 2.03. The van der Waals surface area contributed by atoms with Gasteiger partial charge in [-0.2, -0.15) is 0 Å². The van der Waals surface area contributed by atoms with Gasteiger partial charge in [-0.15, -0.1) is 0 Å². The number of aromatic nitrogens is 2. The summed E-state index contributed by atoms with van der Waals surface area (Å²) in [6, 6.07) is 0. The van der Waals surface area contributed by atoms with Crippen molar-refractivity contribution in [1.29, 1.82) is 0 Å². The molecular formula is C11H19N3O. The van der Waals surface area contributed by atoms with Crippen molar-refractivity contribution in [1.82, 2.24) is 14.9 Å². The van der Waals surface area contributed by atoms with E-state index >= 15 is 0 Å². The van der Waals surface area contributed by atoms with Crippen LogP contribution < -0.4 is 5.32 Å². The minimum Gasteiger partial charge on any atom is -0.396 e. The van der Waals surface area contributed by atoms with Crippen LogP contribution in [0.4, 0.5) is 0 Å². The van der Waals surface area contributed by atoms with Gasteiger partial charge in [-0.1, -0.05) is 0 Å². The SMILES string of the molecule is Cn1ccnc1CNCC1(CCO)CC1. The number of imidazole rings is 1. The predicted octanol–water partition coefficient (Wildman–Crippen LogP) is 0.672. The smallest absolute Gasteiger partial charge is 0.122 e. The second-order valence-corrected chi connectivity index (χ2v) is 4.53. The first-order valence-corrected chi connectivity index (χ1v) is 5.54. The number of aliphatic hydroxyl groups is 1. The van der Waals surface area contributed by atoms with Crippen LogP contribution in [-0.4, -0.2) is 27.8 Å². The number of hydrogen-bond acceptors (Lipinski definition) is 3. The Kier molecular flexibility index (Phi) is 3.07. The second kappa shape index (κ2) is 4.33. The fourth-order valence-corrected chi connectivity index (χ4v) is 1.94. The first kappa shape index (κ1) is 10.6. The number of nitrogens with one attached hydrogen (secondary N) is 1. The Labute approximate surface area is 90.3 Å². The molecule has 2 rings (SSSR count). The maximum absolute atomic E-state index is 8.93. The van der Waals surface area contributed by atoms with Gasteiger partial charge in [0.2, 0.25) is 0 Å². The summed E-state index contributed by atoms with van der Waals surface area (Å²) >= 11 is 0. The van der Waals surface area contributed by atoms with Crippen LogP contribution in [0.3, 0.4) is 0 Å². The largest absolute Gasteiger partial charge is 0.396 e. The van der Waals surface area contributed by atoms with E-state index in [1.165, 1.54) is 12.8 Å². The van der Waals surface area contributed by atoms with Crippen LogP contribution in [0, 0.1) is 5.41 Å². The molecule has 0 saturated heterocycles. The molecule has 4 heteroatoms. The van der Waals surface area contributed by atoms with Gasteiger partial charge in [0.15, 0.2) is 0 Å². The topological polar surface area (TPSA) is 50.1 Å². The number of aliphatic hydroxyl groups excluding tert-OH is 1. The number of rotatable bonds is 6. The van der Waals surface area contributed by atoms with E-state index in [0.717, 1.165) is 25.3 Å². The maximum Gasteiger partial charge on any atom is 0.122 e. The molecule has 15 heavy (non-hydrogen) atoms. The fourth-order valence-electron chi connectivity index (χ4n) is 1.94. The summed E-state index contributed by atoms with van der Waals surface area (Å²) in [5.41, 5.74) is 0.389. The average Bonchev–Trinajstić information content (AvgIpc) is 2.85. The maximum atomic E-state index is 8.93. The molecule has 1 aliphatic carbocycles. The highest BCUT2D eigenvalue weighted by Crippen LogP contribution is 2.47. The highest BCUT2D eigenvalue weighted by atomic mass is 16.3. The standard InChI is InChI=1S/C11H19N3O/c1-14-6-5-13-10(14)8-12-9-11(2-3-11)4-7-15/h5-6,12,15H,2-4,7-9H2,1H3. The van der Waals surface area contributed by atoms with E-state index in [0.29, 0.717) is 12.0 Å². The first-order chi connectivity index (χ1) is 7.26. The summed E-state index contributed by atoms with van der Waals surface area (Å²) in [4.78, 5) is 4.25. The van der Waals surface area contributed by atoms with Crippen molar-refractivity contribution in [2.24, 2.45) is 12.5 Å². The van der Waals surface area contributed by atoms with Gasteiger partial charge in [0.25, 0.3) is 0 Å². The summed E-state index contributed by atoms with van der Waals surface area (Å²) in [5.74, 6) is 1.06. The summed E-state index contributed by atoms with van der Waals surface area (Å²) in [6.07, 6.45) is 7.21. The van der Waals surface area contributed by atoms with Crippen LogP contribution in [-0.2, 0) is 13.6 Å². The van der Waals surface area contributed by atoms with Crippen molar-refractivity contribution in [3.63, 3.8) is 0 Å². The van der Waals surface area contributed by atoms with Gasteiger partial charge in [-0.25, -0.2) is 4.98 Å². The van der Waals surface area contributed by atoms with Crippen LogP contribution in [0.2, 0.25) is 0 Å². The van der Waals surface area contributed by atoms with E-state index in [-0.39, 0.29) is 0 Å². The Morgan fingerprint density at radius 1 is 1.60 bits per heavy atom. The normalized spacial score (nSPS) is 18.0. The number of hydrogen-bond donors (Lipinski definition) is 2. The minimum absolute atomic E-state index is 0.310. The third-order valence-corrected chi connectivity index (χ3v) is 3.30. The molecule has 0 aromatic carbocycles. The first-order valence-electron chi connectivity index (χ1n) is 5.54. The molecule has 0 radical (unpaired) electrons. The molecule has 1 heterocycles. The van der Waals surface area contributed by atoms with Gasteiger partial charge >= 0.3 is 0 Å². The third kappa shape index (κ3) is 2.58. The van der Waals surface area contributed by atoms with Crippen molar-refractivity contribution >= 4 is 0 Å². The van der Waals surface area contributed by atoms with Crippen LogP contribution in [0.15, 0.2) is 12.4 Å². The van der Waals surface area contributed by atoms with E-state index < -0.39 is 0 Å². The molecule has 84 valence electrons. The molecule has 0 atom stereocenters. The highest BCUT2D eigenvalue weighted by molar-refractivity contribution is 4.96. The van der Waals surface area contributed by atoms with Gasteiger partial charge in [-0.05, 0) is 24.7 Å². The Morgan fingerprint density at radius 3 is 2.93 bits per heavy atom. The molecule has 1 aromatic rings. The summed E-state index contributed by atoms with van der Waals surface area (Å²) in [6.45, 7) is 2.13. The van der Waals surface area contributed by atoms with E-state index in [4.69, 9.17) is 5.11 Å². The Bertz CT molecular complexity index is 317. The monoisotopic (exact) mass is 209 g/mol. The molecule has 0 bridgehead atoms. The van der Waals surface area contributed by atoms with Crippen molar-refractivity contribution in [2.75, 3.05) is 13.2 Å². The van der Waals surface area contributed by atoms with Gasteiger partial charge in [0.05, 0.1) is 6.54 Å². The Morgan fingerprint density at radius 2 is 2.40 bits per heavy atom. The lowest BCUT2D eigenvalue weighted by molar-refractivity contribution is 0.245.